The topological polar surface area (TPSA) is 64.7 Å². The molecule has 1 saturated heterocycles. The molecule has 1 saturated carbocycles. The molecule has 1 aromatic carbocycles. The normalized spacial score (nSPS) is 20.0. The van der Waals surface area contributed by atoms with E-state index in [-0.39, 0.29) is 23.8 Å². The van der Waals surface area contributed by atoms with Crippen LogP contribution in [0.1, 0.15) is 32.6 Å². The molecule has 1 heterocycles. The zero-order valence-corrected chi connectivity index (χ0v) is 15.2. The molecule has 2 aliphatic rings. The Kier molecular flexibility index (Phi) is 6.08. The lowest BCUT2D eigenvalue weighted by Crippen LogP contribution is -2.56. The molecule has 1 aliphatic carbocycles. The second kappa shape index (κ2) is 8.49. The van der Waals surface area contributed by atoms with Gasteiger partial charge in [0.15, 0.2) is 0 Å². The van der Waals surface area contributed by atoms with Crippen molar-refractivity contribution >= 4 is 17.6 Å². The third-order valence-corrected chi connectivity index (χ3v) is 5.36. The number of carbonyl (C=O) groups is 2. The van der Waals surface area contributed by atoms with Crippen LogP contribution in [-0.4, -0.2) is 55.1 Å². The number of halogens is 1. The highest BCUT2D eigenvalue weighted by Gasteiger charge is 2.27. The Bertz CT molecular complexity index is 623. The van der Waals surface area contributed by atoms with Gasteiger partial charge in [-0.05, 0) is 44.0 Å². The highest BCUT2D eigenvalue weighted by Crippen LogP contribution is 2.18. The Hall–Kier alpha value is -2.15. The second-order valence-electron chi connectivity index (χ2n) is 7.12. The molecule has 3 rings (SSSR count). The molecule has 142 valence electrons. The largest absolute Gasteiger partial charge is 0.369 e. The van der Waals surface area contributed by atoms with Crippen molar-refractivity contribution in [3.05, 3.63) is 30.1 Å². The number of amides is 3. The molecular weight excluding hydrogens is 335 g/mol. The van der Waals surface area contributed by atoms with Gasteiger partial charge in [-0.3, -0.25) is 15.0 Å². The van der Waals surface area contributed by atoms with Gasteiger partial charge in [-0.2, -0.15) is 0 Å². The fourth-order valence-corrected chi connectivity index (χ4v) is 3.69. The number of anilines is 1. The van der Waals surface area contributed by atoms with Gasteiger partial charge in [0.25, 0.3) is 0 Å². The van der Waals surface area contributed by atoms with Crippen LogP contribution >= 0.6 is 0 Å². The molecule has 1 aromatic rings. The van der Waals surface area contributed by atoms with Gasteiger partial charge in [0.2, 0.25) is 5.91 Å². The Morgan fingerprint density at radius 3 is 2.31 bits per heavy atom. The van der Waals surface area contributed by atoms with Crippen molar-refractivity contribution in [2.24, 2.45) is 0 Å². The van der Waals surface area contributed by atoms with E-state index in [0.29, 0.717) is 0 Å². The summed E-state index contributed by atoms with van der Waals surface area (Å²) in [5.41, 5.74) is 0.985. The first kappa shape index (κ1) is 18.6. The van der Waals surface area contributed by atoms with Crippen molar-refractivity contribution in [2.45, 2.75) is 44.7 Å². The average Bonchev–Trinajstić information content (AvgIpc) is 3.14. The van der Waals surface area contributed by atoms with Crippen LogP contribution < -0.4 is 15.5 Å². The summed E-state index contributed by atoms with van der Waals surface area (Å²) in [6.07, 6.45) is 4.24. The zero-order valence-electron chi connectivity index (χ0n) is 15.2. The van der Waals surface area contributed by atoms with Gasteiger partial charge in [-0.25, -0.2) is 9.18 Å². The van der Waals surface area contributed by atoms with E-state index in [9.17, 15) is 14.0 Å². The van der Waals surface area contributed by atoms with Gasteiger partial charge in [0.05, 0.1) is 6.04 Å². The molecular formula is C19H27FN4O2. The van der Waals surface area contributed by atoms with Gasteiger partial charge in [0, 0.05) is 37.9 Å². The summed E-state index contributed by atoms with van der Waals surface area (Å²) in [6.45, 7) is 4.78. The first-order chi connectivity index (χ1) is 12.5. The third-order valence-electron chi connectivity index (χ3n) is 5.36. The lowest BCUT2D eigenvalue weighted by atomic mass is 10.2. The number of carbonyl (C=O) groups excluding carboxylic acids is 2. The predicted octanol–water partition coefficient (Wildman–Crippen LogP) is 2.10. The van der Waals surface area contributed by atoms with Crippen LogP contribution in [0.2, 0.25) is 0 Å². The number of benzene rings is 1. The van der Waals surface area contributed by atoms with Gasteiger partial charge < -0.3 is 10.2 Å². The van der Waals surface area contributed by atoms with Gasteiger partial charge in [-0.1, -0.05) is 12.8 Å². The maximum Gasteiger partial charge on any atom is 0.321 e. The number of nitrogens with zero attached hydrogens (tertiary/aromatic N) is 2. The average molecular weight is 362 g/mol. The Balaban J connectivity index is 1.44. The van der Waals surface area contributed by atoms with E-state index < -0.39 is 6.03 Å². The van der Waals surface area contributed by atoms with E-state index in [2.05, 4.69) is 20.4 Å². The number of nitrogens with one attached hydrogen (secondary N) is 2. The smallest absolute Gasteiger partial charge is 0.321 e. The van der Waals surface area contributed by atoms with Gasteiger partial charge in [0.1, 0.15) is 5.82 Å². The molecule has 3 amide bonds. The maximum absolute atomic E-state index is 13.0. The highest BCUT2D eigenvalue weighted by molar-refractivity contribution is 5.96. The van der Waals surface area contributed by atoms with E-state index in [0.717, 1.165) is 57.5 Å². The van der Waals surface area contributed by atoms with Crippen molar-refractivity contribution in [1.29, 1.82) is 0 Å². The fourth-order valence-electron chi connectivity index (χ4n) is 3.69. The predicted molar refractivity (Wildman–Crippen MR) is 98.6 cm³/mol. The second-order valence-corrected chi connectivity index (χ2v) is 7.12. The molecule has 0 spiro atoms. The van der Waals surface area contributed by atoms with E-state index in [1.54, 1.807) is 12.1 Å². The number of piperazine rings is 1. The van der Waals surface area contributed by atoms with Crippen molar-refractivity contribution in [2.75, 3.05) is 31.1 Å². The van der Waals surface area contributed by atoms with Crippen molar-refractivity contribution < 1.29 is 14.0 Å². The number of imide groups is 1. The van der Waals surface area contributed by atoms with Crippen LogP contribution in [0, 0.1) is 5.82 Å². The minimum absolute atomic E-state index is 0.192. The molecule has 1 aliphatic heterocycles. The van der Waals surface area contributed by atoms with Crippen LogP contribution in [0.3, 0.4) is 0 Å². The Labute approximate surface area is 153 Å². The molecule has 6 nitrogen and oxygen atoms in total. The molecule has 1 atom stereocenters. The molecule has 7 heteroatoms. The Morgan fingerprint density at radius 1 is 1.08 bits per heavy atom. The SMILES string of the molecule is C[C@H](C(=O)NC(=O)NC1CCCC1)N1CCN(c2ccc(F)cc2)CC1. The van der Waals surface area contributed by atoms with Crippen LogP contribution in [0.4, 0.5) is 14.9 Å². The summed E-state index contributed by atoms with van der Waals surface area (Å²) in [5, 5.41) is 5.34. The summed E-state index contributed by atoms with van der Waals surface area (Å²) < 4.78 is 13.0. The summed E-state index contributed by atoms with van der Waals surface area (Å²) in [7, 11) is 0. The third kappa shape index (κ3) is 4.72. The van der Waals surface area contributed by atoms with Crippen molar-refractivity contribution in [1.82, 2.24) is 15.5 Å². The fraction of sp³-hybridized carbons (Fsp3) is 0.579. The monoisotopic (exact) mass is 362 g/mol. The van der Waals surface area contributed by atoms with Crippen molar-refractivity contribution in [3.63, 3.8) is 0 Å². The van der Waals surface area contributed by atoms with Crippen LogP contribution in [0.25, 0.3) is 0 Å². The molecule has 0 aromatic heterocycles. The molecule has 2 fully saturated rings. The summed E-state index contributed by atoms with van der Waals surface area (Å²) in [6, 6.07) is 5.90. The maximum atomic E-state index is 13.0. The lowest BCUT2D eigenvalue weighted by molar-refractivity contribution is -0.124. The Morgan fingerprint density at radius 2 is 1.69 bits per heavy atom. The van der Waals surface area contributed by atoms with E-state index >= 15 is 0 Å². The number of rotatable bonds is 4. The van der Waals surface area contributed by atoms with Crippen molar-refractivity contribution in [3.8, 4) is 0 Å². The zero-order chi connectivity index (χ0) is 18.5. The number of urea groups is 1. The summed E-state index contributed by atoms with van der Waals surface area (Å²) in [5.74, 6) is -0.510. The minimum Gasteiger partial charge on any atom is -0.369 e. The number of hydrogen-bond donors (Lipinski definition) is 2. The van der Waals surface area contributed by atoms with Crippen LogP contribution in [-0.2, 0) is 4.79 Å². The molecule has 0 bridgehead atoms. The minimum atomic E-state index is -0.390. The van der Waals surface area contributed by atoms with Gasteiger partial charge in [-0.15, -0.1) is 0 Å². The van der Waals surface area contributed by atoms with E-state index in [4.69, 9.17) is 0 Å². The quantitative estimate of drug-likeness (QED) is 0.861. The molecule has 2 N–H and O–H groups in total. The molecule has 0 unspecified atom stereocenters. The molecule has 0 radical (unpaired) electrons. The van der Waals surface area contributed by atoms with E-state index in [1.807, 2.05) is 6.92 Å². The van der Waals surface area contributed by atoms with Crippen LogP contribution in [0.15, 0.2) is 24.3 Å². The van der Waals surface area contributed by atoms with Crippen LogP contribution in [0.5, 0.6) is 0 Å². The highest BCUT2D eigenvalue weighted by atomic mass is 19.1. The summed E-state index contributed by atoms with van der Waals surface area (Å²) >= 11 is 0. The number of hydrogen-bond acceptors (Lipinski definition) is 4. The van der Waals surface area contributed by atoms with Gasteiger partial charge >= 0.3 is 6.03 Å². The summed E-state index contributed by atoms with van der Waals surface area (Å²) in [4.78, 5) is 28.5. The first-order valence-electron chi connectivity index (χ1n) is 9.39. The first-order valence-corrected chi connectivity index (χ1v) is 9.39. The van der Waals surface area contributed by atoms with E-state index in [1.165, 1.54) is 12.1 Å². The standard InChI is InChI=1S/C19H27FN4O2/c1-14(18(25)22-19(26)21-16-4-2-3-5-16)23-10-12-24(13-11-23)17-8-6-15(20)7-9-17/h6-9,14,16H,2-5,10-13H2,1H3,(H2,21,22,25,26)/t14-/m1/s1. The lowest BCUT2D eigenvalue weighted by Gasteiger charge is -2.38. The molecule has 26 heavy (non-hydrogen) atoms.